The average Bonchev–Trinajstić information content (AvgIpc) is 3.09. The Morgan fingerprint density at radius 2 is 2.28 bits per heavy atom. The number of carbonyl (C=O) groups is 1. The molecule has 3 heterocycles. The quantitative estimate of drug-likeness (QED) is 0.898. The smallest absolute Gasteiger partial charge is 0.318 e. The second kappa shape index (κ2) is 7.44. The van der Waals surface area contributed by atoms with Gasteiger partial charge in [0.2, 0.25) is 0 Å². The van der Waals surface area contributed by atoms with E-state index in [1.54, 1.807) is 24.6 Å². The van der Waals surface area contributed by atoms with Gasteiger partial charge in [0.05, 0.1) is 25.4 Å². The van der Waals surface area contributed by atoms with Crippen LogP contribution in [0.1, 0.15) is 46.6 Å². The Labute approximate surface area is 153 Å². The van der Waals surface area contributed by atoms with Gasteiger partial charge in [-0.15, -0.1) is 11.3 Å². The Balaban J connectivity index is 1.71. The summed E-state index contributed by atoms with van der Waals surface area (Å²) < 4.78 is 5.44. The summed E-state index contributed by atoms with van der Waals surface area (Å²) in [7, 11) is 1.66. The largest absolute Gasteiger partial charge is 0.496 e. The predicted octanol–water partition coefficient (Wildman–Crippen LogP) is 3.99. The maximum atomic E-state index is 12.8. The normalized spacial score (nSPS) is 16.5. The minimum atomic E-state index is -0.0237. The first-order valence-corrected chi connectivity index (χ1v) is 9.54. The van der Waals surface area contributed by atoms with E-state index in [1.807, 2.05) is 18.7 Å². The summed E-state index contributed by atoms with van der Waals surface area (Å²) in [6.45, 7) is 7.26. The number of carbonyl (C=O) groups excluding carboxylic acids is 1. The number of pyridine rings is 1. The highest BCUT2D eigenvalue weighted by atomic mass is 32.1. The van der Waals surface area contributed by atoms with Crippen LogP contribution in [-0.2, 0) is 13.0 Å². The van der Waals surface area contributed by atoms with Crippen molar-refractivity contribution in [3.05, 3.63) is 44.9 Å². The zero-order chi connectivity index (χ0) is 18.0. The molecule has 0 unspecified atom stereocenters. The average molecular weight is 359 g/mol. The van der Waals surface area contributed by atoms with E-state index in [0.29, 0.717) is 6.54 Å². The van der Waals surface area contributed by atoms with Crippen molar-refractivity contribution in [3.8, 4) is 5.75 Å². The van der Waals surface area contributed by atoms with E-state index in [4.69, 9.17) is 4.74 Å². The van der Waals surface area contributed by atoms with E-state index in [-0.39, 0.29) is 12.1 Å². The fraction of sp³-hybridized carbons (Fsp3) is 0.474. The lowest BCUT2D eigenvalue weighted by Crippen LogP contribution is -2.45. The highest BCUT2D eigenvalue weighted by Gasteiger charge is 2.30. The summed E-state index contributed by atoms with van der Waals surface area (Å²) in [5.74, 6) is 0.839. The first-order valence-electron chi connectivity index (χ1n) is 8.66. The van der Waals surface area contributed by atoms with Crippen molar-refractivity contribution in [3.63, 3.8) is 0 Å². The third-order valence-electron chi connectivity index (χ3n) is 4.90. The molecule has 0 aliphatic carbocycles. The van der Waals surface area contributed by atoms with Crippen LogP contribution in [0.5, 0.6) is 5.75 Å². The van der Waals surface area contributed by atoms with Crippen molar-refractivity contribution in [2.75, 3.05) is 13.7 Å². The molecule has 2 aromatic heterocycles. The van der Waals surface area contributed by atoms with E-state index < -0.39 is 0 Å². The molecule has 1 atom stereocenters. The van der Waals surface area contributed by atoms with E-state index in [2.05, 4.69) is 28.7 Å². The first-order chi connectivity index (χ1) is 12.1. The number of rotatable bonds is 4. The minimum absolute atomic E-state index is 0.0237. The van der Waals surface area contributed by atoms with Gasteiger partial charge >= 0.3 is 6.03 Å². The first kappa shape index (κ1) is 17.7. The Morgan fingerprint density at radius 3 is 3.00 bits per heavy atom. The minimum Gasteiger partial charge on any atom is -0.496 e. The van der Waals surface area contributed by atoms with Crippen molar-refractivity contribution >= 4 is 17.4 Å². The molecule has 134 valence electrons. The number of nitrogens with one attached hydrogen (secondary N) is 1. The molecule has 0 bridgehead atoms. The van der Waals surface area contributed by atoms with E-state index in [1.165, 1.54) is 10.4 Å². The van der Waals surface area contributed by atoms with Crippen LogP contribution in [0, 0.1) is 13.8 Å². The van der Waals surface area contributed by atoms with Gasteiger partial charge in [-0.05, 0) is 43.7 Å². The number of fused-ring (bicyclic) bond motifs is 1. The molecule has 2 amide bonds. The van der Waals surface area contributed by atoms with Crippen molar-refractivity contribution in [1.29, 1.82) is 0 Å². The summed E-state index contributed by atoms with van der Waals surface area (Å²) in [6.07, 6.45) is 3.65. The van der Waals surface area contributed by atoms with E-state index >= 15 is 0 Å². The number of methoxy groups -OCH3 is 1. The summed E-state index contributed by atoms with van der Waals surface area (Å²) in [6, 6.07) is 2.30. The van der Waals surface area contributed by atoms with Crippen LogP contribution in [0.2, 0.25) is 0 Å². The van der Waals surface area contributed by atoms with Crippen molar-refractivity contribution in [1.82, 2.24) is 15.2 Å². The van der Waals surface area contributed by atoms with E-state index in [0.717, 1.165) is 42.0 Å². The molecule has 0 radical (unpaired) electrons. The van der Waals surface area contributed by atoms with Gasteiger partial charge in [-0.1, -0.05) is 6.92 Å². The summed E-state index contributed by atoms with van der Waals surface area (Å²) in [5.41, 5.74) is 4.13. The lowest BCUT2D eigenvalue weighted by atomic mass is 9.98. The summed E-state index contributed by atoms with van der Waals surface area (Å²) in [4.78, 5) is 20.6. The van der Waals surface area contributed by atoms with Gasteiger partial charge in [-0.2, -0.15) is 0 Å². The Morgan fingerprint density at radius 1 is 1.48 bits per heavy atom. The monoisotopic (exact) mass is 359 g/mol. The van der Waals surface area contributed by atoms with E-state index in [9.17, 15) is 4.79 Å². The van der Waals surface area contributed by atoms with Crippen molar-refractivity contribution in [2.24, 2.45) is 0 Å². The zero-order valence-corrected chi connectivity index (χ0v) is 16.1. The molecule has 2 aromatic rings. The van der Waals surface area contributed by atoms with Gasteiger partial charge in [-0.3, -0.25) is 4.98 Å². The molecule has 25 heavy (non-hydrogen) atoms. The number of thiophene rings is 1. The van der Waals surface area contributed by atoms with Crippen LogP contribution in [-0.4, -0.2) is 29.6 Å². The standard InChI is InChI=1S/C19H25N3O2S/c1-5-16-14-7-9-25-17(14)6-8-22(16)19(23)21-11-15-13(3)18(24-4)12(2)10-20-15/h7,9-10,16H,5-6,8,11H2,1-4H3,(H,21,23)/t16-/m1/s1. The molecule has 1 aliphatic rings. The molecule has 3 rings (SSSR count). The molecular weight excluding hydrogens is 334 g/mol. The molecule has 0 saturated heterocycles. The number of nitrogens with zero attached hydrogens (tertiary/aromatic N) is 2. The number of aromatic nitrogens is 1. The second-order valence-corrected chi connectivity index (χ2v) is 7.37. The number of aryl methyl sites for hydroxylation is 1. The molecule has 0 spiro atoms. The maximum absolute atomic E-state index is 12.8. The lowest BCUT2D eigenvalue weighted by molar-refractivity contribution is 0.167. The van der Waals surface area contributed by atoms with Gasteiger partial charge < -0.3 is 15.0 Å². The molecule has 1 N–H and O–H groups in total. The van der Waals surface area contributed by atoms with Gasteiger partial charge in [0.15, 0.2) is 0 Å². The summed E-state index contributed by atoms with van der Waals surface area (Å²) in [5, 5.41) is 5.17. The predicted molar refractivity (Wildman–Crippen MR) is 100 cm³/mol. The molecule has 5 nitrogen and oxygen atoms in total. The molecule has 1 aliphatic heterocycles. The number of amides is 2. The van der Waals surface area contributed by atoms with Crippen LogP contribution in [0.4, 0.5) is 4.79 Å². The van der Waals surface area contributed by atoms with Crippen LogP contribution < -0.4 is 10.1 Å². The van der Waals surface area contributed by atoms with Crippen molar-refractivity contribution in [2.45, 2.75) is 46.2 Å². The Hall–Kier alpha value is -2.08. The third-order valence-corrected chi connectivity index (χ3v) is 5.90. The van der Waals surface area contributed by atoms with Crippen LogP contribution in [0.3, 0.4) is 0 Å². The number of hydrogen-bond donors (Lipinski definition) is 1. The van der Waals surface area contributed by atoms with Gasteiger partial charge in [0, 0.05) is 28.7 Å². The fourth-order valence-corrected chi connectivity index (χ4v) is 4.52. The highest BCUT2D eigenvalue weighted by molar-refractivity contribution is 7.10. The van der Waals surface area contributed by atoms with Gasteiger partial charge in [0.1, 0.15) is 5.75 Å². The van der Waals surface area contributed by atoms with Gasteiger partial charge in [-0.25, -0.2) is 4.79 Å². The topological polar surface area (TPSA) is 54.5 Å². The van der Waals surface area contributed by atoms with Gasteiger partial charge in [0.25, 0.3) is 0 Å². The Kier molecular flexibility index (Phi) is 5.27. The number of urea groups is 1. The molecule has 6 heteroatoms. The summed E-state index contributed by atoms with van der Waals surface area (Å²) >= 11 is 1.79. The van der Waals surface area contributed by atoms with Crippen LogP contribution in [0.25, 0.3) is 0 Å². The highest BCUT2D eigenvalue weighted by Crippen LogP contribution is 2.35. The molecule has 0 aromatic carbocycles. The number of hydrogen-bond acceptors (Lipinski definition) is 4. The molecule has 0 fully saturated rings. The number of ether oxygens (including phenoxy) is 1. The lowest BCUT2D eigenvalue weighted by Gasteiger charge is -2.35. The zero-order valence-electron chi connectivity index (χ0n) is 15.3. The molecule has 0 saturated carbocycles. The SMILES string of the molecule is CC[C@@H]1c2ccsc2CCN1C(=O)NCc1ncc(C)c(OC)c1C. The molecular formula is C19H25N3O2S. The fourth-order valence-electron chi connectivity index (χ4n) is 3.59. The maximum Gasteiger partial charge on any atom is 0.318 e. The van der Waals surface area contributed by atoms with Crippen LogP contribution in [0.15, 0.2) is 17.6 Å². The van der Waals surface area contributed by atoms with Crippen molar-refractivity contribution < 1.29 is 9.53 Å². The third kappa shape index (κ3) is 3.35. The second-order valence-electron chi connectivity index (χ2n) is 6.37. The van der Waals surface area contributed by atoms with Crippen LogP contribution >= 0.6 is 11.3 Å². The Bertz CT molecular complexity index is 772.